The van der Waals surface area contributed by atoms with Crippen molar-refractivity contribution in [3.8, 4) is 0 Å². The van der Waals surface area contributed by atoms with Gasteiger partial charge in [0, 0.05) is 13.0 Å². The number of hydrogen-bond acceptors (Lipinski definition) is 1. The molecule has 0 N–H and O–H groups in total. The van der Waals surface area contributed by atoms with Crippen LogP contribution >= 0.6 is 11.6 Å². The number of rotatable bonds is 1. The molecule has 1 unspecified atom stereocenters. The van der Waals surface area contributed by atoms with E-state index in [0.29, 0.717) is 0 Å². The average molecular weight is 241 g/mol. The quantitative estimate of drug-likeness (QED) is 0.732. The molecule has 0 saturated carbocycles. The van der Waals surface area contributed by atoms with Gasteiger partial charge >= 0.3 is 0 Å². The molecule has 3 heteroatoms. The third-order valence-electron chi connectivity index (χ3n) is 3.18. The van der Waals surface area contributed by atoms with Crippen LogP contribution in [0, 0.1) is 11.3 Å². The van der Waals surface area contributed by atoms with Crippen molar-refractivity contribution in [1.82, 2.24) is 9.55 Å². The lowest BCUT2D eigenvalue weighted by molar-refractivity contribution is 0.366. The van der Waals surface area contributed by atoms with Gasteiger partial charge < -0.3 is 4.57 Å². The first-order valence-electron chi connectivity index (χ1n) is 6.10. The number of hydrogen-bond donors (Lipinski definition) is 0. The molecule has 2 rings (SSSR count). The molecule has 0 aliphatic carbocycles. The molecule has 0 bridgehead atoms. The smallest absolute Gasteiger partial charge is 0.150 e. The molecule has 2 nitrogen and oxygen atoms in total. The Morgan fingerprint density at radius 2 is 2.12 bits per heavy atom. The highest BCUT2D eigenvalue weighted by Gasteiger charge is 2.24. The average Bonchev–Trinajstić information content (AvgIpc) is 2.40. The van der Waals surface area contributed by atoms with Crippen molar-refractivity contribution in [3.63, 3.8) is 0 Å². The van der Waals surface area contributed by atoms with Gasteiger partial charge in [-0.15, -0.1) is 0 Å². The first-order valence-corrected chi connectivity index (χ1v) is 6.48. The van der Waals surface area contributed by atoms with Crippen LogP contribution in [-0.2, 0) is 19.4 Å². The molecule has 0 saturated heterocycles. The summed E-state index contributed by atoms with van der Waals surface area (Å²) in [6.07, 6.45) is 3.33. The van der Waals surface area contributed by atoms with Gasteiger partial charge in [0.05, 0.1) is 5.69 Å². The number of nitrogens with zero attached hydrogens (tertiary/aromatic N) is 2. The number of imidazole rings is 1. The van der Waals surface area contributed by atoms with E-state index in [-0.39, 0.29) is 5.41 Å². The molecule has 0 fully saturated rings. The van der Waals surface area contributed by atoms with E-state index in [9.17, 15) is 0 Å². The van der Waals surface area contributed by atoms with Crippen LogP contribution in [0.25, 0.3) is 0 Å². The lowest BCUT2D eigenvalue weighted by atomic mass is 9.91. The van der Waals surface area contributed by atoms with Crippen LogP contribution in [-0.4, -0.2) is 9.55 Å². The van der Waals surface area contributed by atoms with Gasteiger partial charge in [-0.1, -0.05) is 39.3 Å². The highest BCUT2D eigenvalue weighted by Crippen LogP contribution is 2.30. The van der Waals surface area contributed by atoms with Crippen LogP contribution in [0.4, 0.5) is 0 Å². The molecule has 90 valence electrons. The number of halogens is 1. The fraction of sp³-hybridized carbons (Fsp3) is 0.769. The van der Waals surface area contributed by atoms with Gasteiger partial charge in [-0.3, -0.25) is 0 Å². The Hall–Kier alpha value is -0.500. The molecule has 2 heterocycles. The second-order valence-corrected chi connectivity index (χ2v) is 6.61. The molecule has 1 aliphatic rings. The molecule has 1 aromatic rings. The minimum atomic E-state index is 0.272. The van der Waals surface area contributed by atoms with Crippen molar-refractivity contribution >= 4 is 11.6 Å². The van der Waals surface area contributed by atoms with Crippen molar-refractivity contribution in [2.24, 2.45) is 11.3 Å². The van der Waals surface area contributed by atoms with E-state index >= 15 is 0 Å². The summed E-state index contributed by atoms with van der Waals surface area (Å²) in [4.78, 5) is 4.54. The highest BCUT2D eigenvalue weighted by molar-refractivity contribution is 6.30. The minimum Gasteiger partial charge on any atom is -0.331 e. The van der Waals surface area contributed by atoms with Crippen molar-refractivity contribution in [2.75, 3.05) is 0 Å². The van der Waals surface area contributed by atoms with Crippen molar-refractivity contribution < 1.29 is 0 Å². The molecule has 0 radical (unpaired) electrons. The predicted octanol–water partition coefficient (Wildman–Crippen LogP) is 3.71. The van der Waals surface area contributed by atoms with Gasteiger partial charge in [-0.25, -0.2) is 4.98 Å². The van der Waals surface area contributed by atoms with Gasteiger partial charge in [-0.2, -0.15) is 0 Å². The Morgan fingerprint density at radius 3 is 2.75 bits per heavy atom. The summed E-state index contributed by atoms with van der Waals surface area (Å²) in [7, 11) is 0. The van der Waals surface area contributed by atoms with Gasteiger partial charge in [0.15, 0.2) is 5.15 Å². The summed E-state index contributed by atoms with van der Waals surface area (Å²) >= 11 is 6.23. The first-order chi connectivity index (χ1) is 7.37. The van der Waals surface area contributed by atoms with E-state index in [1.807, 2.05) is 0 Å². The molecule has 16 heavy (non-hydrogen) atoms. The molecule has 0 amide bonds. The summed E-state index contributed by atoms with van der Waals surface area (Å²) in [6.45, 7) is 10.1. The summed E-state index contributed by atoms with van der Waals surface area (Å²) in [6, 6.07) is 0. The minimum absolute atomic E-state index is 0.272. The van der Waals surface area contributed by atoms with E-state index < -0.39 is 0 Å². The zero-order valence-electron chi connectivity index (χ0n) is 10.7. The van der Waals surface area contributed by atoms with Crippen LogP contribution in [0.2, 0.25) is 5.15 Å². The lowest BCUT2D eigenvalue weighted by Crippen LogP contribution is -2.21. The van der Waals surface area contributed by atoms with Crippen LogP contribution in [0.5, 0.6) is 0 Å². The third-order valence-corrected chi connectivity index (χ3v) is 3.48. The molecule has 1 atom stereocenters. The summed E-state index contributed by atoms with van der Waals surface area (Å²) in [5.74, 6) is 1.91. The SMILES string of the molecule is CC1CCn2c(CC(C)(C)C)nc(Cl)c2C1. The lowest BCUT2D eigenvalue weighted by Gasteiger charge is -2.24. The maximum absolute atomic E-state index is 6.23. The molecular weight excluding hydrogens is 220 g/mol. The van der Waals surface area contributed by atoms with E-state index in [1.54, 1.807) is 0 Å². The molecule has 0 aromatic carbocycles. The van der Waals surface area contributed by atoms with Crippen LogP contribution in [0.15, 0.2) is 0 Å². The van der Waals surface area contributed by atoms with Crippen LogP contribution in [0.1, 0.15) is 45.6 Å². The Bertz CT molecular complexity index is 387. The second-order valence-electron chi connectivity index (χ2n) is 6.25. The van der Waals surface area contributed by atoms with Crippen molar-refractivity contribution in [1.29, 1.82) is 0 Å². The Kier molecular flexibility index (Phi) is 3.04. The van der Waals surface area contributed by atoms with Gasteiger partial charge in [-0.05, 0) is 24.2 Å². The fourth-order valence-corrected chi connectivity index (χ4v) is 2.63. The number of aromatic nitrogens is 2. The normalized spacial score (nSPS) is 20.9. The predicted molar refractivity (Wildman–Crippen MR) is 67.9 cm³/mol. The third kappa shape index (κ3) is 2.42. The summed E-state index contributed by atoms with van der Waals surface area (Å²) in [5.41, 5.74) is 1.52. The van der Waals surface area contributed by atoms with Crippen molar-refractivity contribution in [2.45, 2.75) is 53.5 Å². The molecular formula is C13H21ClN2. The van der Waals surface area contributed by atoms with E-state index in [0.717, 1.165) is 30.5 Å². The van der Waals surface area contributed by atoms with Gasteiger partial charge in [0.25, 0.3) is 0 Å². The highest BCUT2D eigenvalue weighted by atomic mass is 35.5. The summed E-state index contributed by atoms with van der Waals surface area (Å²) in [5, 5.41) is 0.728. The van der Waals surface area contributed by atoms with Gasteiger partial charge in [0.1, 0.15) is 5.82 Å². The maximum Gasteiger partial charge on any atom is 0.150 e. The maximum atomic E-state index is 6.23. The van der Waals surface area contributed by atoms with Crippen molar-refractivity contribution in [3.05, 3.63) is 16.7 Å². The zero-order valence-corrected chi connectivity index (χ0v) is 11.4. The van der Waals surface area contributed by atoms with E-state index in [1.165, 1.54) is 17.9 Å². The van der Waals surface area contributed by atoms with Crippen LogP contribution in [0.3, 0.4) is 0 Å². The monoisotopic (exact) mass is 240 g/mol. The second kappa shape index (κ2) is 4.06. The van der Waals surface area contributed by atoms with Crippen LogP contribution < -0.4 is 0 Å². The van der Waals surface area contributed by atoms with E-state index in [2.05, 4.69) is 37.2 Å². The Morgan fingerprint density at radius 1 is 1.44 bits per heavy atom. The Labute approximate surface area is 103 Å². The fourth-order valence-electron chi connectivity index (χ4n) is 2.35. The van der Waals surface area contributed by atoms with Gasteiger partial charge in [0.2, 0.25) is 0 Å². The largest absolute Gasteiger partial charge is 0.331 e. The topological polar surface area (TPSA) is 17.8 Å². The summed E-state index contributed by atoms with van der Waals surface area (Å²) < 4.78 is 2.34. The molecule has 1 aliphatic heterocycles. The zero-order chi connectivity index (χ0) is 11.9. The first kappa shape index (κ1) is 12.0. The Balaban J connectivity index is 2.31. The molecule has 0 spiro atoms. The standard InChI is InChI=1S/C13H21ClN2/c1-9-5-6-16-10(7-9)12(14)15-11(16)8-13(2,3)4/h9H,5-8H2,1-4H3. The molecule has 1 aromatic heterocycles. The van der Waals surface area contributed by atoms with E-state index in [4.69, 9.17) is 11.6 Å². The number of fused-ring (bicyclic) bond motifs is 1.